The van der Waals surface area contributed by atoms with Crippen LogP contribution < -0.4 is 10.2 Å². The van der Waals surface area contributed by atoms with Gasteiger partial charge in [0.1, 0.15) is 5.76 Å². The van der Waals surface area contributed by atoms with Crippen LogP contribution in [0.4, 0.5) is 5.69 Å². The summed E-state index contributed by atoms with van der Waals surface area (Å²) in [7, 11) is 1.73. The first-order chi connectivity index (χ1) is 15.5. The van der Waals surface area contributed by atoms with E-state index in [1.807, 2.05) is 12.1 Å². The zero-order chi connectivity index (χ0) is 22.5. The molecule has 1 N–H and O–H groups in total. The van der Waals surface area contributed by atoms with Gasteiger partial charge in [0, 0.05) is 19.6 Å². The van der Waals surface area contributed by atoms with Crippen LogP contribution in [0, 0.1) is 6.92 Å². The minimum absolute atomic E-state index is 0.0321. The summed E-state index contributed by atoms with van der Waals surface area (Å²) in [4.78, 5) is 29.8. The predicted octanol–water partition coefficient (Wildman–Crippen LogP) is 4.15. The number of carbonyl (C=O) groups excluding carboxylic acids is 2. The van der Waals surface area contributed by atoms with Gasteiger partial charge in [0.2, 0.25) is 5.91 Å². The first-order valence-electron chi connectivity index (χ1n) is 11.0. The number of aryl methyl sites for hydroxylation is 1. The van der Waals surface area contributed by atoms with Crippen molar-refractivity contribution in [1.82, 2.24) is 10.2 Å². The Bertz CT molecular complexity index is 1060. The van der Waals surface area contributed by atoms with Gasteiger partial charge >= 0.3 is 0 Å². The van der Waals surface area contributed by atoms with E-state index in [4.69, 9.17) is 4.42 Å². The second-order valence-electron chi connectivity index (χ2n) is 8.35. The van der Waals surface area contributed by atoms with Gasteiger partial charge in [-0.15, -0.1) is 0 Å². The van der Waals surface area contributed by atoms with Crippen molar-refractivity contribution in [3.05, 3.63) is 89.4 Å². The van der Waals surface area contributed by atoms with Crippen molar-refractivity contribution in [3.63, 3.8) is 0 Å². The summed E-state index contributed by atoms with van der Waals surface area (Å²) in [6.45, 7) is 3.43. The normalized spacial score (nSPS) is 13.2. The molecule has 0 aliphatic heterocycles. The van der Waals surface area contributed by atoms with E-state index in [0.717, 1.165) is 19.4 Å². The molecular formula is C26H29N3O3. The topological polar surface area (TPSA) is 65.8 Å². The number of nitrogens with one attached hydrogen (secondary N) is 1. The summed E-state index contributed by atoms with van der Waals surface area (Å²) < 4.78 is 5.28. The van der Waals surface area contributed by atoms with E-state index in [1.54, 1.807) is 42.5 Å². The van der Waals surface area contributed by atoms with Crippen molar-refractivity contribution in [2.45, 2.75) is 38.9 Å². The smallest absolute Gasteiger partial charge is 0.253 e. The van der Waals surface area contributed by atoms with Crippen molar-refractivity contribution in [1.29, 1.82) is 0 Å². The number of nitrogens with zero attached hydrogens (tertiary/aromatic N) is 2. The van der Waals surface area contributed by atoms with E-state index in [0.29, 0.717) is 36.1 Å². The first kappa shape index (κ1) is 21.8. The molecule has 1 fully saturated rings. The molecule has 3 aromatic rings. The highest BCUT2D eigenvalue weighted by Gasteiger charge is 2.31. The lowest BCUT2D eigenvalue weighted by molar-refractivity contribution is -0.119. The number of furan rings is 1. The molecule has 2 aromatic carbocycles. The van der Waals surface area contributed by atoms with Crippen molar-refractivity contribution >= 4 is 17.5 Å². The van der Waals surface area contributed by atoms with Gasteiger partial charge < -0.3 is 14.6 Å². The first-order valence-corrected chi connectivity index (χ1v) is 11.0. The standard InChI is InChI=1S/C26H29N3O3/c1-19-9-11-20(12-10-19)17-29(21-13-14-21)18-25(30)28(2)24-8-4-3-7-23(24)26(31)27-16-22-6-5-15-32-22/h3-12,15,21H,13-14,16-18H2,1-2H3,(H,27,31). The molecule has 6 heteroatoms. The molecule has 1 heterocycles. The number of para-hydroxylation sites is 1. The average molecular weight is 432 g/mol. The Balaban J connectivity index is 1.43. The molecule has 1 aromatic heterocycles. The molecule has 0 atom stereocenters. The van der Waals surface area contributed by atoms with Crippen LogP contribution in [0.2, 0.25) is 0 Å². The second kappa shape index (κ2) is 9.83. The lowest BCUT2D eigenvalue weighted by Gasteiger charge is -2.26. The van der Waals surface area contributed by atoms with E-state index >= 15 is 0 Å². The third-order valence-corrected chi connectivity index (χ3v) is 5.80. The Kier molecular flexibility index (Phi) is 6.71. The van der Waals surface area contributed by atoms with Crippen LogP contribution in [-0.4, -0.2) is 36.3 Å². The maximum Gasteiger partial charge on any atom is 0.253 e. The van der Waals surface area contributed by atoms with Gasteiger partial charge in [-0.1, -0.05) is 42.0 Å². The minimum atomic E-state index is -0.240. The molecule has 166 valence electrons. The highest BCUT2D eigenvalue weighted by Crippen LogP contribution is 2.29. The van der Waals surface area contributed by atoms with Gasteiger partial charge in [0.15, 0.2) is 0 Å². The summed E-state index contributed by atoms with van der Waals surface area (Å²) in [6.07, 6.45) is 3.81. The molecule has 1 aliphatic rings. The molecule has 32 heavy (non-hydrogen) atoms. The van der Waals surface area contributed by atoms with Gasteiger partial charge in [-0.3, -0.25) is 14.5 Å². The van der Waals surface area contributed by atoms with Crippen LogP contribution in [0.3, 0.4) is 0 Å². The van der Waals surface area contributed by atoms with Gasteiger partial charge in [0.05, 0.1) is 30.6 Å². The fraction of sp³-hybridized carbons (Fsp3) is 0.308. The number of hydrogen-bond acceptors (Lipinski definition) is 4. The van der Waals surface area contributed by atoms with Crippen molar-refractivity contribution in [3.8, 4) is 0 Å². The zero-order valence-electron chi connectivity index (χ0n) is 18.6. The number of hydrogen-bond donors (Lipinski definition) is 1. The average Bonchev–Trinajstić information content (AvgIpc) is 3.53. The molecular weight excluding hydrogens is 402 g/mol. The number of amides is 2. The van der Waals surface area contributed by atoms with Gasteiger partial charge in [-0.05, 0) is 49.6 Å². The molecule has 1 saturated carbocycles. The highest BCUT2D eigenvalue weighted by molar-refractivity contribution is 6.05. The third-order valence-electron chi connectivity index (χ3n) is 5.80. The van der Waals surface area contributed by atoms with Crippen LogP contribution in [0.25, 0.3) is 0 Å². The Hall–Kier alpha value is -3.38. The number of anilines is 1. The SMILES string of the molecule is Cc1ccc(CN(CC(=O)N(C)c2ccccc2C(=O)NCc2ccco2)C2CC2)cc1. The van der Waals surface area contributed by atoms with Gasteiger partial charge in [-0.25, -0.2) is 0 Å². The fourth-order valence-corrected chi connectivity index (χ4v) is 3.73. The second-order valence-corrected chi connectivity index (χ2v) is 8.35. The molecule has 0 spiro atoms. The molecule has 0 unspecified atom stereocenters. The number of benzene rings is 2. The molecule has 6 nitrogen and oxygen atoms in total. The largest absolute Gasteiger partial charge is 0.467 e. The van der Waals surface area contributed by atoms with Gasteiger partial charge in [-0.2, -0.15) is 0 Å². The predicted molar refractivity (Wildman–Crippen MR) is 124 cm³/mol. The Morgan fingerprint density at radius 3 is 2.47 bits per heavy atom. The van der Waals surface area contributed by atoms with Crippen LogP contribution in [0.5, 0.6) is 0 Å². The highest BCUT2D eigenvalue weighted by atomic mass is 16.3. The summed E-state index contributed by atoms with van der Waals surface area (Å²) in [5, 5.41) is 2.86. The number of rotatable bonds is 9. The Morgan fingerprint density at radius 2 is 1.78 bits per heavy atom. The zero-order valence-corrected chi connectivity index (χ0v) is 18.6. The Labute approximate surface area is 188 Å². The molecule has 0 bridgehead atoms. The Morgan fingerprint density at radius 1 is 1.03 bits per heavy atom. The van der Waals surface area contributed by atoms with Crippen molar-refractivity contribution in [2.75, 3.05) is 18.5 Å². The molecule has 1 aliphatic carbocycles. The van der Waals surface area contributed by atoms with E-state index < -0.39 is 0 Å². The summed E-state index contributed by atoms with van der Waals surface area (Å²) >= 11 is 0. The maximum atomic E-state index is 13.2. The molecule has 4 rings (SSSR count). The van der Waals surface area contributed by atoms with Crippen LogP contribution in [0.15, 0.2) is 71.3 Å². The third kappa shape index (κ3) is 5.45. The van der Waals surface area contributed by atoms with E-state index in [9.17, 15) is 9.59 Å². The molecule has 2 amide bonds. The number of carbonyl (C=O) groups is 2. The van der Waals surface area contributed by atoms with Crippen LogP contribution in [0.1, 0.15) is 40.1 Å². The van der Waals surface area contributed by atoms with E-state index in [2.05, 4.69) is 41.4 Å². The quantitative estimate of drug-likeness (QED) is 0.553. The van der Waals surface area contributed by atoms with Crippen molar-refractivity contribution in [2.24, 2.45) is 0 Å². The fourth-order valence-electron chi connectivity index (χ4n) is 3.73. The monoisotopic (exact) mass is 431 g/mol. The minimum Gasteiger partial charge on any atom is -0.467 e. The lowest BCUT2D eigenvalue weighted by atomic mass is 10.1. The van der Waals surface area contributed by atoms with Crippen molar-refractivity contribution < 1.29 is 14.0 Å². The molecule has 0 radical (unpaired) electrons. The number of likely N-dealkylation sites (N-methyl/N-ethyl adjacent to an activating group) is 1. The lowest BCUT2D eigenvalue weighted by Crippen LogP contribution is -2.40. The summed E-state index contributed by atoms with van der Waals surface area (Å²) in [6, 6.07) is 19.7. The summed E-state index contributed by atoms with van der Waals surface area (Å²) in [5.41, 5.74) is 3.49. The van der Waals surface area contributed by atoms with E-state index in [1.165, 1.54) is 11.1 Å². The van der Waals surface area contributed by atoms with E-state index in [-0.39, 0.29) is 11.8 Å². The molecule has 0 saturated heterocycles. The maximum absolute atomic E-state index is 13.2. The van der Waals surface area contributed by atoms with Gasteiger partial charge in [0.25, 0.3) is 5.91 Å². The van der Waals surface area contributed by atoms with Crippen LogP contribution in [-0.2, 0) is 17.9 Å². The van der Waals surface area contributed by atoms with Crippen LogP contribution >= 0.6 is 0 Å². The summed E-state index contributed by atoms with van der Waals surface area (Å²) in [5.74, 6) is 0.405.